The molecule has 4 nitrogen and oxygen atoms in total. The van der Waals surface area contributed by atoms with Crippen LogP contribution in [0.25, 0.3) is 0 Å². The van der Waals surface area contributed by atoms with Crippen LogP contribution in [0.1, 0.15) is 86.1 Å². The molecule has 0 bridgehead atoms. The molecule has 0 aliphatic rings. The van der Waals surface area contributed by atoms with Gasteiger partial charge in [-0.25, -0.2) is 9.59 Å². The molecule has 0 fully saturated rings. The molecular weight excluding hydrogens is 384 g/mol. The highest BCUT2D eigenvalue weighted by Gasteiger charge is 2.23. The summed E-state index contributed by atoms with van der Waals surface area (Å²) in [5, 5.41) is 9.43. The van der Waals surface area contributed by atoms with Gasteiger partial charge in [-0.1, -0.05) is 56.5 Å². The van der Waals surface area contributed by atoms with E-state index in [1.807, 2.05) is 6.92 Å². The monoisotopic (exact) mass is 412 g/mol. The number of carboxylic acid groups (broad SMARTS) is 1. The Kier molecular flexibility index (Phi) is 9.19. The Morgan fingerprint density at radius 3 is 2.32 bits per heavy atom. The van der Waals surface area contributed by atoms with Crippen molar-refractivity contribution in [3.05, 3.63) is 33.3 Å². The number of halogens is 1. The van der Waals surface area contributed by atoms with Gasteiger partial charge in [0.05, 0.1) is 11.1 Å². The highest BCUT2D eigenvalue weighted by atomic mass is 79.9. The van der Waals surface area contributed by atoms with Crippen molar-refractivity contribution in [1.29, 1.82) is 0 Å². The van der Waals surface area contributed by atoms with Crippen molar-refractivity contribution in [2.45, 2.75) is 72.3 Å². The molecule has 1 aromatic carbocycles. The van der Waals surface area contributed by atoms with E-state index in [0.717, 1.165) is 37.7 Å². The second kappa shape index (κ2) is 10.6. The maximum Gasteiger partial charge on any atom is 0.339 e. The molecule has 0 aliphatic carbocycles. The fourth-order valence-electron chi connectivity index (χ4n) is 2.66. The molecule has 1 N–H and O–H groups in total. The van der Waals surface area contributed by atoms with Gasteiger partial charge in [-0.3, -0.25) is 0 Å². The van der Waals surface area contributed by atoms with Crippen LogP contribution in [-0.2, 0) is 11.2 Å². The number of aromatic carboxylic acids is 1. The number of carboxylic acids is 1. The van der Waals surface area contributed by atoms with Gasteiger partial charge >= 0.3 is 11.9 Å². The van der Waals surface area contributed by atoms with E-state index in [2.05, 4.69) is 36.7 Å². The topological polar surface area (TPSA) is 63.6 Å². The van der Waals surface area contributed by atoms with Gasteiger partial charge < -0.3 is 9.84 Å². The molecule has 0 radical (unpaired) electrons. The number of esters is 1. The number of carbonyl (C=O) groups excluding carboxylic acids is 1. The van der Waals surface area contributed by atoms with Crippen LogP contribution in [0.15, 0.2) is 16.6 Å². The van der Waals surface area contributed by atoms with Crippen LogP contribution in [0.3, 0.4) is 0 Å². The minimum Gasteiger partial charge on any atom is -0.478 e. The van der Waals surface area contributed by atoms with Crippen molar-refractivity contribution in [2.24, 2.45) is 5.92 Å². The van der Waals surface area contributed by atoms with Gasteiger partial charge in [0.15, 0.2) is 0 Å². The molecule has 1 atom stereocenters. The van der Waals surface area contributed by atoms with Gasteiger partial charge in [-0.05, 0) is 49.3 Å². The molecule has 140 valence electrons. The summed E-state index contributed by atoms with van der Waals surface area (Å²) in [7, 11) is 0. The first-order valence-electron chi connectivity index (χ1n) is 9.06. The molecule has 1 rings (SSSR count). The summed E-state index contributed by atoms with van der Waals surface area (Å²) in [6.45, 7) is 8.35. The van der Waals surface area contributed by atoms with Crippen LogP contribution in [0.5, 0.6) is 0 Å². The van der Waals surface area contributed by atoms with Crippen molar-refractivity contribution in [3.8, 4) is 0 Å². The van der Waals surface area contributed by atoms with Crippen LogP contribution in [0, 0.1) is 5.92 Å². The van der Waals surface area contributed by atoms with Crippen molar-refractivity contribution >= 4 is 27.9 Å². The lowest BCUT2D eigenvalue weighted by molar-refractivity contribution is 0.0238. The fraction of sp³-hybridized carbons (Fsp3) is 0.600. The van der Waals surface area contributed by atoms with Crippen molar-refractivity contribution < 1.29 is 19.4 Å². The number of ether oxygens (including phenoxy) is 1. The summed E-state index contributed by atoms with van der Waals surface area (Å²) in [5.74, 6) is -1.12. The van der Waals surface area contributed by atoms with E-state index in [-0.39, 0.29) is 17.2 Å². The standard InChI is InChI=1S/C20H29BrO4/c1-5-7-8-15(10-9-13(3)4)25-20(24)17-11-14(6-2)18(21)12-16(17)19(22)23/h11-13,15H,5-10H2,1-4H3,(H,22,23). The number of carbonyl (C=O) groups is 2. The molecular formula is C20H29BrO4. The fourth-order valence-corrected chi connectivity index (χ4v) is 3.29. The number of aryl methyl sites for hydroxylation is 1. The average Bonchev–Trinajstić information content (AvgIpc) is 2.56. The third kappa shape index (κ3) is 6.81. The first-order valence-corrected chi connectivity index (χ1v) is 9.86. The first kappa shape index (κ1) is 21.7. The van der Waals surface area contributed by atoms with E-state index >= 15 is 0 Å². The van der Waals surface area contributed by atoms with Crippen LogP contribution < -0.4 is 0 Å². The van der Waals surface area contributed by atoms with Crippen LogP contribution in [0.2, 0.25) is 0 Å². The number of rotatable bonds is 10. The lowest BCUT2D eigenvalue weighted by Gasteiger charge is -2.20. The minimum atomic E-state index is -1.12. The van der Waals surface area contributed by atoms with Gasteiger partial charge in [0, 0.05) is 4.47 Å². The molecule has 25 heavy (non-hydrogen) atoms. The zero-order chi connectivity index (χ0) is 19.0. The molecule has 0 aromatic heterocycles. The van der Waals surface area contributed by atoms with Crippen molar-refractivity contribution in [3.63, 3.8) is 0 Å². The highest BCUT2D eigenvalue weighted by Crippen LogP contribution is 2.25. The Bertz CT molecular complexity index is 596. The van der Waals surface area contributed by atoms with E-state index in [1.165, 1.54) is 6.07 Å². The van der Waals surface area contributed by atoms with E-state index in [9.17, 15) is 14.7 Å². The van der Waals surface area contributed by atoms with Crippen molar-refractivity contribution in [2.75, 3.05) is 0 Å². The molecule has 0 aliphatic heterocycles. The average molecular weight is 413 g/mol. The largest absolute Gasteiger partial charge is 0.478 e. The molecule has 5 heteroatoms. The summed E-state index contributed by atoms with van der Waals surface area (Å²) in [6, 6.07) is 3.13. The van der Waals surface area contributed by atoms with E-state index in [4.69, 9.17) is 4.74 Å². The van der Waals surface area contributed by atoms with E-state index in [0.29, 0.717) is 16.8 Å². The van der Waals surface area contributed by atoms with Crippen LogP contribution in [0.4, 0.5) is 0 Å². The highest BCUT2D eigenvalue weighted by molar-refractivity contribution is 9.10. The van der Waals surface area contributed by atoms with E-state index < -0.39 is 11.9 Å². The lowest BCUT2D eigenvalue weighted by atomic mass is 10.0. The maximum absolute atomic E-state index is 12.7. The van der Waals surface area contributed by atoms with E-state index in [1.54, 1.807) is 6.07 Å². The summed E-state index contributed by atoms with van der Waals surface area (Å²) in [6.07, 6.45) is 5.17. The molecule has 1 aromatic rings. The van der Waals surface area contributed by atoms with Crippen molar-refractivity contribution in [1.82, 2.24) is 0 Å². The Labute approximate surface area is 159 Å². The molecule has 0 heterocycles. The summed E-state index contributed by atoms with van der Waals surface area (Å²) >= 11 is 3.37. The Balaban J connectivity index is 3.03. The molecule has 0 amide bonds. The Hall–Kier alpha value is -1.36. The molecule has 0 saturated carbocycles. The predicted octanol–water partition coefficient (Wildman–Crippen LogP) is 5.86. The molecule has 0 saturated heterocycles. The maximum atomic E-state index is 12.7. The molecule has 1 unspecified atom stereocenters. The first-order chi connectivity index (χ1) is 11.8. The zero-order valence-electron chi connectivity index (χ0n) is 15.6. The van der Waals surface area contributed by atoms with Gasteiger partial charge in [-0.15, -0.1) is 0 Å². The lowest BCUT2D eigenvalue weighted by Crippen LogP contribution is -2.21. The summed E-state index contributed by atoms with van der Waals surface area (Å²) < 4.78 is 6.40. The zero-order valence-corrected chi connectivity index (χ0v) is 17.2. The normalized spacial score (nSPS) is 12.2. The number of benzene rings is 1. The van der Waals surface area contributed by atoms with Gasteiger partial charge in [0.2, 0.25) is 0 Å². The second-order valence-corrected chi connectivity index (χ2v) is 7.64. The summed E-state index contributed by atoms with van der Waals surface area (Å²) in [4.78, 5) is 24.2. The quantitative estimate of drug-likeness (QED) is 0.488. The van der Waals surface area contributed by atoms with Gasteiger partial charge in [0.25, 0.3) is 0 Å². The van der Waals surface area contributed by atoms with Gasteiger partial charge in [0.1, 0.15) is 6.10 Å². The van der Waals surface area contributed by atoms with Gasteiger partial charge in [-0.2, -0.15) is 0 Å². The number of unbranched alkanes of at least 4 members (excludes halogenated alkanes) is 1. The SMILES string of the molecule is CCCCC(CCC(C)C)OC(=O)c1cc(CC)c(Br)cc1C(=O)O. The third-order valence-corrected chi connectivity index (χ3v) is 4.98. The van der Waals surface area contributed by atoms with Crippen LogP contribution in [-0.4, -0.2) is 23.1 Å². The smallest absolute Gasteiger partial charge is 0.339 e. The Morgan fingerprint density at radius 1 is 1.12 bits per heavy atom. The minimum absolute atomic E-state index is 0.0211. The predicted molar refractivity (Wildman–Crippen MR) is 103 cm³/mol. The molecule has 0 spiro atoms. The third-order valence-electron chi connectivity index (χ3n) is 4.24. The Morgan fingerprint density at radius 2 is 1.80 bits per heavy atom. The number of hydrogen-bond acceptors (Lipinski definition) is 3. The van der Waals surface area contributed by atoms with Crippen LogP contribution >= 0.6 is 15.9 Å². The number of hydrogen-bond donors (Lipinski definition) is 1. The second-order valence-electron chi connectivity index (χ2n) is 6.79. The summed E-state index contributed by atoms with van der Waals surface area (Å²) in [5.41, 5.74) is 1.01.